The van der Waals surface area contributed by atoms with Gasteiger partial charge in [-0.2, -0.15) is 0 Å². The molecule has 1 nitrogen and oxygen atoms in total. The van der Waals surface area contributed by atoms with Crippen LogP contribution >= 0.6 is 0 Å². The van der Waals surface area contributed by atoms with E-state index in [-0.39, 0.29) is 0 Å². The Labute approximate surface area is 115 Å². The van der Waals surface area contributed by atoms with Crippen molar-refractivity contribution in [2.75, 3.05) is 0 Å². The Bertz CT molecular complexity index is 656. The summed E-state index contributed by atoms with van der Waals surface area (Å²) in [5.41, 5.74) is 9.12. The van der Waals surface area contributed by atoms with Crippen LogP contribution in [0.4, 0.5) is 0 Å². The number of benzene rings is 1. The van der Waals surface area contributed by atoms with Crippen molar-refractivity contribution in [2.24, 2.45) is 0 Å². The molecule has 0 saturated heterocycles. The van der Waals surface area contributed by atoms with Crippen molar-refractivity contribution in [1.29, 1.82) is 0 Å². The molecule has 1 heterocycles. The second kappa shape index (κ2) is 3.53. The van der Waals surface area contributed by atoms with Gasteiger partial charge in [0.05, 0.1) is 5.69 Å². The van der Waals surface area contributed by atoms with Crippen molar-refractivity contribution >= 4 is 0 Å². The van der Waals surface area contributed by atoms with E-state index in [0.29, 0.717) is 11.3 Å². The van der Waals surface area contributed by atoms with Crippen LogP contribution in [0.5, 0.6) is 0 Å². The molecule has 0 atom stereocenters. The Morgan fingerprint density at radius 1 is 1.11 bits per heavy atom. The molecule has 1 aromatic carbocycles. The molecule has 0 radical (unpaired) electrons. The molecular formula is C18H21N. The molecule has 1 aromatic heterocycles. The molecule has 98 valence electrons. The van der Waals surface area contributed by atoms with E-state index in [4.69, 9.17) is 0 Å². The minimum Gasteiger partial charge on any atom is -0.358 e. The van der Waals surface area contributed by atoms with Crippen LogP contribution in [-0.4, -0.2) is 4.98 Å². The highest BCUT2D eigenvalue weighted by Crippen LogP contribution is 2.59. The first-order valence-corrected chi connectivity index (χ1v) is 7.47. The first kappa shape index (κ1) is 11.3. The topological polar surface area (TPSA) is 15.8 Å². The first-order valence-electron chi connectivity index (χ1n) is 7.47. The number of H-pyrrole nitrogens is 1. The maximum Gasteiger partial charge on any atom is 0.0500 e. The second-order valence-electron chi connectivity index (χ2n) is 6.64. The fourth-order valence-corrected chi connectivity index (χ4v) is 3.93. The quantitative estimate of drug-likeness (QED) is 0.742. The molecule has 2 aromatic rings. The predicted octanol–water partition coefficient (Wildman–Crippen LogP) is 4.90. The summed E-state index contributed by atoms with van der Waals surface area (Å²) in [4.78, 5) is 3.58. The molecule has 19 heavy (non-hydrogen) atoms. The van der Waals surface area contributed by atoms with E-state index >= 15 is 0 Å². The van der Waals surface area contributed by atoms with Crippen molar-refractivity contribution in [3.63, 3.8) is 0 Å². The van der Waals surface area contributed by atoms with Crippen molar-refractivity contribution in [3.05, 3.63) is 46.6 Å². The number of fused-ring (bicyclic) bond motifs is 5. The van der Waals surface area contributed by atoms with Gasteiger partial charge < -0.3 is 4.98 Å². The average molecular weight is 251 g/mol. The van der Waals surface area contributed by atoms with Gasteiger partial charge in [0, 0.05) is 16.7 Å². The number of hydrogen-bond acceptors (Lipinski definition) is 0. The molecule has 2 aliphatic carbocycles. The minimum atomic E-state index is 0.348. The third kappa shape index (κ3) is 1.31. The van der Waals surface area contributed by atoms with Gasteiger partial charge >= 0.3 is 0 Å². The largest absolute Gasteiger partial charge is 0.358 e. The standard InChI is InChI=1S/C18H21N/c1-11(2)13-5-6-14-15(10-13)18(7-4-8-18)16-9-12(3)19-17(14)16/h5-6,9-11,19H,4,7-8H2,1-3H3. The molecule has 1 heteroatoms. The van der Waals surface area contributed by atoms with Crippen LogP contribution in [0.15, 0.2) is 24.3 Å². The van der Waals surface area contributed by atoms with E-state index < -0.39 is 0 Å². The summed E-state index contributed by atoms with van der Waals surface area (Å²) in [7, 11) is 0. The molecule has 1 N–H and O–H groups in total. The van der Waals surface area contributed by atoms with E-state index in [0.717, 1.165) is 0 Å². The number of aromatic nitrogens is 1. The lowest BCUT2D eigenvalue weighted by atomic mass is 9.63. The summed E-state index contributed by atoms with van der Waals surface area (Å²) in [6.07, 6.45) is 4.02. The molecular weight excluding hydrogens is 230 g/mol. The highest BCUT2D eigenvalue weighted by molar-refractivity contribution is 5.80. The highest BCUT2D eigenvalue weighted by atomic mass is 14.8. The average Bonchev–Trinajstić information content (AvgIpc) is 2.80. The van der Waals surface area contributed by atoms with Gasteiger partial charge in [-0.1, -0.05) is 38.5 Å². The van der Waals surface area contributed by atoms with Crippen molar-refractivity contribution in [1.82, 2.24) is 4.98 Å². The third-order valence-electron chi connectivity index (χ3n) is 5.17. The maximum atomic E-state index is 3.58. The van der Waals surface area contributed by atoms with E-state index in [9.17, 15) is 0 Å². The molecule has 0 aliphatic heterocycles. The van der Waals surface area contributed by atoms with Gasteiger partial charge in [-0.15, -0.1) is 0 Å². The molecule has 0 bridgehead atoms. The highest BCUT2D eigenvalue weighted by Gasteiger charge is 2.48. The fourth-order valence-electron chi connectivity index (χ4n) is 3.93. The zero-order chi connectivity index (χ0) is 13.2. The zero-order valence-corrected chi connectivity index (χ0v) is 12.0. The molecule has 1 fully saturated rings. The van der Waals surface area contributed by atoms with Gasteiger partial charge in [-0.25, -0.2) is 0 Å². The smallest absolute Gasteiger partial charge is 0.0500 e. The number of rotatable bonds is 1. The Balaban J connectivity index is 1.98. The lowest BCUT2D eigenvalue weighted by Gasteiger charge is -2.40. The molecule has 4 rings (SSSR count). The normalized spacial score (nSPS) is 18.5. The zero-order valence-electron chi connectivity index (χ0n) is 12.0. The summed E-state index contributed by atoms with van der Waals surface area (Å²) in [6, 6.07) is 9.50. The van der Waals surface area contributed by atoms with E-state index in [1.165, 1.54) is 41.8 Å². The van der Waals surface area contributed by atoms with Crippen LogP contribution in [0.3, 0.4) is 0 Å². The van der Waals surface area contributed by atoms with Crippen LogP contribution in [0.25, 0.3) is 11.3 Å². The number of aromatic amines is 1. The second-order valence-corrected chi connectivity index (χ2v) is 6.64. The lowest BCUT2D eigenvalue weighted by Crippen LogP contribution is -2.33. The minimum absolute atomic E-state index is 0.348. The molecule has 1 saturated carbocycles. The summed E-state index contributed by atoms with van der Waals surface area (Å²) in [5.74, 6) is 0.614. The van der Waals surface area contributed by atoms with Crippen LogP contribution in [0, 0.1) is 6.92 Å². The van der Waals surface area contributed by atoms with Gasteiger partial charge in [-0.3, -0.25) is 0 Å². The maximum absolute atomic E-state index is 3.58. The Hall–Kier alpha value is -1.50. The predicted molar refractivity (Wildman–Crippen MR) is 79.7 cm³/mol. The third-order valence-corrected chi connectivity index (χ3v) is 5.17. The fraction of sp³-hybridized carbons (Fsp3) is 0.444. The number of aryl methyl sites for hydroxylation is 1. The van der Waals surface area contributed by atoms with Crippen LogP contribution in [-0.2, 0) is 5.41 Å². The Morgan fingerprint density at radius 3 is 2.53 bits per heavy atom. The summed E-state index contributed by atoms with van der Waals surface area (Å²) in [5, 5.41) is 0. The molecule has 2 aliphatic rings. The van der Waals surface area contributed by atoms with E-state index in [1.54, 1.807) is 11.1 Å². The van der Waals surface area contributed by atoms with Crippen LogP contribution < -0.4 is 0 Å². The summed E-state index contributed by atoms with van der Waals surface area (Å²) >= 11 is 0. The Morgan fingerprint density at radius 2 is 1.89 bits per heavy atom. The first-order chi connectivity index (χ1) is 9.12. The Kier molecular flexibility index (Phi) is 2.11. The monoisotopic (exact) mass is 251 g/mol. The van der Waals surface area contributed by atoms with Gasteiger partial charge in [0.2, 0.25) is 0 Å². The number of nitrogens with one attached hydrogen (secondary N) is 1. The summed E-state index contributed by atoms with van der Waals surface area (Å²) < 4.78 is 0. The summed E-state index contributed by atoms with van der Waals surface area (Å²) in [6.45, 7) is 6.74. The number of hydrogen-bond donors (Lipinski definition) is 1. The van der Waals surface area contributed by atoms with E-state index in [1.807, 2.05) is 0 Å². The molecule has 0 amide bonds. The van der Waals surface area contributed by atoms with Gasteiger partial charge in [0.1, 0.15) is 0 Å². The SMILES string of the molecule is Cc1cc2c([nH]1)-c1ccc(C(C)C)cc1C21CCC1. The molecule has 1 spiro atoms. The lowest BCUT2D eigenvalue weighted by molar-refractivity contribution is 0.309. The van der Waals surface area contributed by atoms with Crippen molar-refractivity contribution in [3.8, 4) is 11.3 Å². The molecule has 0 unspecified atom stereocenters. The van der Waals surface area contributed by atoms with Crippen LogP contribution in [0.1, 0.15) is 61.4 Å². The van der Waals surface area contributed by atoms with Gasteiger partial charge in [0.25, 0.3) is 0 Å². The van der Waals surface area contributed by atoms with Gasteiger partial charge in [-0.05, 0) is 48.4 Å². The van der Waals surface area contributed by atoms with E-state index in [2.05, 4.69) is 50.0 Å². The van der Waals surface area contributed by atoms with Crippen molar-refractivity contribution in [2.45, 2.75) is 51.4 Å². The van der Waals surface area contributed by atoms with Crippen molar-refractivity contribution < 1.29 is 0 Å². The van der Waals surface area contributed by atoms with Crippen LogP contribution in [0.2, 0.25) is 0 Å². The van der Waals surface area contributed by atoms with Gasteiger partial charge in [0.15, 0.2) is 0 Å².